The van der Waals surface area contributed by atoms with Gasteiger partial charge in [-0.25, -0.2) is 4.98 Å². The second kappa shape index (κ2) is 8.05. The number of amides is 2. The SMILES string of the molecule is Cn1nc(C2CC2)cc1C(=O)N1CC[C@@H](c2c(C(=O)NCCO)sc3ncccc23)C1. The molecule has 3 aromatic heterocycles. The Morgan fingerprint density at radius 2 is 2.13 bits per heavy atom. The molecule has 2 N–H and O–H groups in total. The number of aliphatic hydroxyl groups excluding tert-OH is 1. The van der Waals surface area contributed by atoms with E-state index in [2.05, 4.69) is 15.4 Å². The molecule has 0 unspecified atom stereocenters. The van der Waals surface area contributed by atoms with Gasteiger partial charge in [-0.15, -0.1) is 11.3 Å². The van der Waals surface area contributed by atoms with Crippen LogP contribution < -0.4 is 5.32 Å². The minimum atomic E-state index is -0.197. The summed E-state index contributed by atoms with van der Waals surface area (Å²) in [6, 6.07) is 5.80. The molecule has 31 heavy (non-hydrogen) atoms. The number of aromatic nitrogens is 3. The van der Waals surface area contributed by atoms with Crippen LogP contribution >= 0.6 is 11.3 Å². The first-order valence-corrected chi connectivity index (χ1v) is 11.5. The number of carbonyl (C=O) groups is 2. The van der Waals surface area contributed by atoms with Crippen LogP contribution in [0.4, 0.5) is 0 Å². The first-order chi connectivity index (χ1) is 15.1. The van der Waals surface area contributed by atoms with E-state index in [0.29, 0.717) is 29.6 Å². The normalized spacial score (nSPS) is 18.6. The summed E-state index contributed by atoms with van der Waals surface area (Å²) in [7, 11) is 1.83. The van der Waals surface area contributed by atoms with Crippen molar-refractivity contribution in [2.45, 2.75) is 31.1 Å². The third-order valence-electron chi connectivity index (χ3n) is 6.11. The number of rotatable bonds is 6. The Labute approximate surface area is 183 Å². The molecule has 0 bridgehead atoms. The summed E-state index contributed by atoms with van der Waals surface area (Å²) in [4.78, 5) is 33.7. The van der Waals surface area contributed by atoms with Crippen molar-refractivity contribution in [3.05, 3.63) is 46.2 Å². The van der Waals surface area contributed by atoms with E-state index in [4.69, 9.17) is 5.11 Å². The summed E-state index contributed by atoms with van der Waals surface area (Å²) >= 11 is 1.37. The number of nitrogens with zero attached hydrogens (tertiary/aromatic N) is 4. The van der Waals surface area contributed by atoms with Gasteiger partial charge in [0.05, 0.1) is 17.2 Å². The zero-order valence-electron chi connectivity index (χ0n) is 17.4. The standard InChI is InChI=1S/C22H25N5O3S/c1-26-17(11-16(25-26)13-4-5-13)22(30)27-9-6-14(12-27)18-15-3-2-7-24-21(15)31-19(18)20(29)23-8-10-28/h2-3,7,11,13-14,28H,4-6,8-10,12H2,1H3,(H,23,29)/t14-/m1/s1. The van der Waals surface area contributed by atoms with Crippen LogP contribution in [0.25, 0.3) is 10.2 Å². The topological polar surface area (TPSA) is 100 Å². The first-order valence-electron chi connectivity index (χ1n) is 10.7. The molecular weight excluding hydrogens is 414 g/mol. The first kappa shape index (κ1) is 20.1. The van der Waals surface area contributed by atoms with Crippen molar-refractivity contribution in [1.82, 2.24) is 25.0 Å². The van der Waals surface area contributed by atoms with E-state index < -0.39 is 0 Å². The molecule has 0 aromatic carbocycles. The second-order valence-corrected chi connectivity index (χ2v) is 9.27. The fourth-order valence-corrected chi connectivity index (χ4v) is 5.53. The highest BCUT2D eigenvalue weighted by molar-refractivity contribution is 7.20. The van der Waals surface area contributed by atoms with Crippen LogP contribution in [0.5, 0.6) is 0 Å². The molecule has 8 nitrogen and oxygen atoms in total. The molecule has 1 saturated heterocycles. The van der Waals surface area contributed by atoms with E-state index in [1.54, 1.807) is 10.9 Å². The number of aliphatic hydroxyl groups is 1. The number of hydrogen-bond donors (Lipinski definition) is 2. The molecule has 0 spiro atoms. The van der Waals surface area contributed by atoms with Gasteiger partial charge in [-0.1, -0.05) is 6.07 Å². The lowest BCUT2D eigenvalue weighted by Gasteiger charge is -2.17. The summed E-state index contributed by atoms with van der Waals surface area (Å²) in [6.45, 7) is 1.30. The monoisotopic (exact) mass is 439 g/mol. The Morgan fingerprint density at radius 1 is 1.29 bits per heavy atom. The fourth-order valence-electron chi connectivity index (χ4n) is 4.39. The number of hydrogen-bond acceptors (Lipinski definition) is 6. The van der Waals surface area contributed by atoms with Crippen LogP contribution in [0.1, 0.15) is 62.5 Å². The Balaban J connectivity index is 1.41. The van der Waals surface area contributed by atoms with Crippen LogP contribution in [0.15, 0.2) is 24.4 Å². The molecule has 0 radical (unpaired) electrons. The van der Waals surface area contributed by atoms with Crippen molar-refractivity contribution >= 4 is 33.4 Å². The van der Waals surface area contributed by atoms with E-state index in [0.717, 1.165) is 40.7 Å². The number of aryl methyl sites for hydroxylation is 1. The van der Waals surface area contributed by atoms with Crippen molar-refractivity contribution in [3.8, 4) is 0 Å². The predicted molar refractivity (Wildman–Crippen MR) is 117 cm³/mol. The summed E-state index contributed by atoms with van der Waals surface area (Å²) in [5, 5.41) is 17.3. The average molecular weight is 440 g/mol. The Hall–Kier alpha value is -2.78. The van der Waals surface area contributed by atoms with Gasteiger partial charge >= 0.3 is 0 Å². The molecule has 1 aliphatic carbocycles. The lowest BCUT2D eigenvalue weighted by atomic mass is 9.95. The van der Waals surface area contributed by atoms with Crippen LogP contribution in [-0.4, -0.2) is 62.8 Å². The molecule has 2 amide bonds. The zero-order valence-corrected chi connectivity index (χ0v) is 18.2. The molecular formula is C22H25N5O3S. The minimum Gasteiger partial charge on any atom is -0.395 e. The van der Waals surface area contributed by atoms with E-state index in [9.17, 15) is 9.59 Å². The molecule has 2 aliphatic rings. The summed E-state index contributed by atoms with van der Waals surface area (Å²) < 4.78 is 1.70. The second-order valence-electron chi connectivity index (χ2n) is 8.27. The van der Waals surface area contributed by atoms with Gasteiger partial charge in [0.25, 0.3) is 11.8 Å². The third-order valence-corrected chi connectivity index (χ3v) is 7.23. The van der Waals surface area contributed by atoms with E-state index in [1.165, 1.54) is 11.3 Å². The predicted octanol–water partition coefficient (Wildman–Crippen LogP) is 2.26. The van der Waals surface area contributed by atoms with Crippen molar-refractivity contribution in [2.75, 3.05) is 26.2 Å². The lowest BCUT2D eigenvalue weighted by Crippen LogP contribution is -2.30. The van der Waals surface area contributed by atoms with Crippen LogP contribution in [-0.2, 0) is 7.05 Å². The molecule has 3 aromatic rings. The lowest BCUT2D eigenvalue weighted by molar-refractivity contribution is 0.0780. The van der Waals surface area contributed by atoms with Gasteiger partial charge in [0.15, 0.2) is 0 Å². The number of nitrogens with one attached hydrogen (secondary N) is 1. The average Bonchev–Trinajstić information content (AvgIpc) is 3.20. The Bertz CT molecular complexity index is 1150. The summed E-state index contributed by atoms with van der Waals surface area (Å²) in [6.07, 6.45) is 4.82. The molecule has 5 rings (SSSR count). The highest BCUT2D eigenvalue weighted by Gasteiger charge is 2.35. The van der Waals surface area contributed by atoms with E-state index in [1.807, 2.05) is 30.1 Å². The largest absolute Gasteiger partial charge is 0.395 e. The maximum absolute atomic E-state index is 13.2. The van der Waals surface area contributed by atoms with Crippen molar-refractivity contribution in [3.63, 3.8) is 0 Å². The molecule has 162 valence electrons. The number of likely N-dealkylation sites (tertiary alicyclic amines) is 1. The quantitative estimate of drug-likeness (QED) is 0.614. The molecule has 2 fully saturated rings. The van der Waals surface area contributed by atoms with Gasteiger partial charge in [-0.05, 0) is 37.0 Å². The van der Waals surface area contributed by atoms with Gasteiger partial charge in [0, 0.05) is 50.1 Å². The number of pyridine rings is 1. The third kappa shape index (κ3) is 3.72. The molecule has 1 aliphatic heterocycles. The number of fused-ring (bicyclic) bond motifs is 1. The smallest absolute Gasteiger partial charge is 0.272 e. The van der Waals surface area contributed by atoms with Gasteiger partial charge in [0.2, 0.25) is 0 Å². The van der Waals surface area contributed by atoms with Gasteiger partial charge < -0.3 is 15.3 Å². The molecule has 1 atom stereocenters. The Morgan fingerprint density at radius 3 is 2.90 bits per heavy atom. The molecule has 1 saturated carbocycles. The Kier molecular flexibility index (Phi) is 5.23. The summed E-state index contributed by atoms with van der Waals surface area (Å²) in [5.41, 5.74) is 2.60. The highest BCUT2D eigenvalue weighted by atomic mass is 32.1. The van der Waals surface area contributed by atoms with Crippen molar-refractivity contribution in [1.29, 1.82) is 0 Å². The molecule has 9 heteroatoms. The van der Waals surface area contributed by atoms with E-state index >= 15 is 0 Å². The maximum Gasteiger partial charge on any atom is 0.272 e. The van der Waals surface area contributed by atoms with Crippen LogP contribution in [0.2, 0.25) is 0 Å². The maximum atomic E-state index is 13.2. The van der Waals surface area contributed by atoms with E-state index in [-0.39, 0.29) is 30.9 Å². The highest BCUT2D eigenvalue weighted by Crippen LogP contribution is 2.41. The van der Waals surface area contributed by atoms with Crippen molar-refractivity contribution in [2.24, 2.45) is 7.05 Å². The van der Waals surface area contributed by atoms with Crippen LogP contribution in [0, 0.1) is 0 Å². The van der Waals surface area contributed by atoms with Gasteiger partial charge in [-0.3, -0.25) is 14.3 Å². The van der Waals surface area contributed by atoms with Gasteiger partial charge in [0.1, 0.15) is 10.5 Å². The number of carbonyl (C=O) groups excluding carboxylic acids is 2. The summed E-state index contributed by atoms with van der Waals surface area (Å²) in [5.74, 6) is 0.363. The zero-order chi connectivity index (χ0) is 21.5. The van der Waals surface area contributed by atoms with Crippen molar-refractivity contribution < 1.29 is 14.7 Å². The molecule has 4 heterocycles. The number of thiophene rings is 1. The minimum absolute atomic E-state index is 0.00616. The fraction of sp³-hybridized carbons (Fsp3) is 0.455. The van der Waals surface area contributed by atoms with Gasteiger partial charge in [-0.2, -0.15) is 5.10 Å². The van der Waals surface area contributed by atoms with Crippen LogP contribution in [0.3, 0.4) is 0 Å².